The quantitative estimate of drug-likeness (QED) is 0.649. The molecule has 0 radical (unpaired) electrons. The molecule has 0 bridgehead atoms. The van der Waals surface area contributed by atoms with E-state index in [1.165, 1.54) is 12.1 Å². The third-order valence-corrected chi connectivity index (χ3v) is 2.65. The highest BCUT2D eigenvalue weighted by atomic mass is 19.1. The van der Waals surface area contributed by atoms with Gasteiger partial charge in [-0.05, 0) is 36.4 Å². The summed E-state index contributed by atoms with van der Waals surface area (Å²) in [5, 5.41) is 2.68. The summed E-state index contributed by atoms with van der Waals surface area (Å²) in [6.45, 7) is 0.485. The highest BCUT2D eigenvalue weighted by Crippen LogP contribution is 2.14. The molecule has 3 N–H and O–H groups in total. The van der Waals surface area contributed by atoms with E-state index in [-0.39, 0.29) is 24.8 Å². The van der Waals surface area contributed by atoms with E-state index < -0.39 is 5.82 Å². The second-order valence-corrected chi connectivity index (χ2v) is 4.16. The van der Waals surface area contributed by atoms with Crippen LogP contribution in [-0.2, 0) is 0 Å². The number of halogens is 1. The van der Waals surface area contributed by atoms with E-state index >= 15 is 0 Å². The molecule has 0 spiro atoms. The van der Waals surface area contributed by atoms with Crippen LogP contribution in [0.4, 0.5) is 10.1 Å². The van der Waals surface area contributed by atoms with Crippen LogP contribution in [0.3, 0.4) is 0 Å². The van der Waals surface area contributed by atoms with E-state index in [2.05, 4.69) is 5.32 Å². The maximum Gasteiger partial charge on any atom is 0.251 e. The van der Waals surface area contributed by atoms with Gasteiger partial charge in [0.15, 0.2) is 11.6 Å². The van der Waals surface area contributed by atoms with Crippen molar-refractivity contribution in [2.24, 2.45) is 0 Å². The maximum absolute atomic E-state index is 13.3. The van der Waals surface area contributed by atoms with Crippen molar-refractivity contribution >= 4 is 11.6 Å². The van der Waals surface area contributed by atoms with Crippen LogP contribution in [-0.4, -0.2) is 19.1 Å². The molecule has 0 aromatic heterocycles. The summed E-state index contributed by atoms with van der Waals surface area (Å²) >= 11 is 0. The first-order valence-electron chi connectivity index (χ1n) is 6.18. The van der Waals surface area contributed by atoms with Gasteiger partial charge in [0.2, 0.25) is 0 Å². The van der Waals surface area contributed by atoms with Gasteiger partial charge in [-0.3, -0.25) is 4.79 Å². The normalized spacial score (nSPS) is 10.1. The fraction of sp³-hybridized carbons (Fsp3) is 0.133. The predicted octanol–water partition coefficient (Wildman–Crippen LogP) is 2.22. The summed E-state index contributed by atoms with van der Waals surface area (Å²) in [5.41, 5.74) is 6.66. The molecule has 1 amide bonds. The molecule has 0 aliphatic rings. The van der Waals surface area contributed by atoms with Crippen LogP contribution in [0.5, 0.6) is 5.75 Å². The van der Waals surface area contributed by atoms with Crippen molar-refractivity contribution in [2.45, 2.75) is 0 Å². The number of rotatable bonds is 5. The number of amides is 1. The Kier molecular flexibility index (Phi) is 4.55. The van der Waals surface area contributed by atoms with E-state index in [4.69, 9.17) is 10.5 Å². The molecule has 5 heteroatoms. The minimum atomic E-state index is -0.419. The average Bonchev–Trinajstić information content (AvgIpc) is 2.46. The van der Waals surface area contributed by atoms with Crippen molar-refractivity contribution in [3.05, 3.63) is 59.9 Å². The molecule has 0 fully saturated rings. The molecule has 2 aromatic carbocycles. The van der Waals surface area contributed by atoms with Gasteiger partial charge in [0.05, 0.1) is 6.54 Å². The second kappa shape index (κ2) is 6.56. The van der Waals surface area contributed by atoms with Crippen LogP contribution >= 0.6 is 0 Å². The van der Waals surface area contributed by atoms with Gasteiger partial charge in [0.25, 0.3) is 5.91 Å². The van der Waals surface area contributed by atoms with Gasteiger partial charge >= 0.3 is 0 Å². The van der Waals surface area contributed by atoms with Crippen LogP contribution in [0.1, 0.15) is 10.4 Å². The van der Waals surface area contributed by atoms with E-state index in [0.29, 0.717) is 11.3 Å². The summed E-state index contributed by atoms with van der Waals surface area (Å²) in [6, 6.07) is 12.7. The number of para-hydroxylation sites is 1. The number of nitrogens with one attached hydrogen (secondary N) is 1. The van der Waals surface area contributed by atoms with Gasteiger partial charge in [-0.15, -0.1) is 0 Å². The zero-order chi connectivity index (χ0) is 14.4. The maximum atomic E-state index is 13.3. The van der Waals surface area contributed by atoms with Crippen molar-refractivity contribution in [1.82, 2.24) is 5.32 Å². The Morgan fingerprint density at radius 3 is 2.55 bits per heavy atom. The summed E-state index contributed by atoms with van der Waals surface area (Å²) in [4.78, 5) is 11.8. The zero-order valence-corrected chi connectivity index (χ0v) is 10.8. The molecular formula is C15H15FN2O2. The monoisotopic (exact) mass is 274 g/mol. The van der Waals surface area contributed by atoms with E-state index in [1.54, 1.807) is 36.4 Å². The smallest absolute Gasteiger partial charge is 0.251 e. The fourth-order valence-electron chi connectivity index (χ4n) is 1.62. The first-order valence-corrected chi connectivity index (χ1v) is 6.18. The van der Waals surface area contributed by atoms with Crippen molar-refractivity contribution in [1.29, 1.82) is 0 Å². The summed E-state index contributed by atoms with van der Waals surface area (Å²) < 4.78 is 18.5. The number of nitrogen functional groups attached to an aromatic ring is 1. The number of benzene rings is 2. The first-order chi connectivity index (χ1) is 9.66. The van der Waals surface area contributed by atoms with Gasteiger partial charge in [-0.25, -0.2) is 4.39 Å². The zero-order valence-electron chi connectivity index (χ0n) is 10.8. The lowest BCUT2D eigenvalue weighted by Gasteiger charge is -2.08. The van der Waals surface area contributed by atoms with Crippen LogP contribution in [0.15, 0.2) is 48.5 Å². The molecule has 0 aliphatic carbocycles. The lowest BCUT2D eigenvalue weighted by atomic mass is 10.2. The van der Waals surface area contributed by atoms with Crippen LogP contribution in [0, 0.1) is 5.82 Å². The summed E-state index contributed by atoms with van der Waals surface area (Å²) in [6.07, 6.45) is 0. The number of hydrogen-bond donors (Lipinski definition) is 2. The number of hydrogen-bond acceptors (Lipinski definition) is 3. The molecule has 0 saturated heterocycles. The molecule has 0 atom stereocenters. The van der Waals surface area contributed by atoms with Crippen LogP contribution in [0.25, 0.3) is 0 Å². The third-order valence-electron chi connectivity index (χ3n) is 2.65. The van der Waals surface area contributed by atoms with Gasteiger partial charge in [0.1, 0.15) is 6.61 Å². The van der Waals surface area contributed by atoms with Gasteiger partial charge < -0.3 is 15.8 Å². The van der Waals surface area contributed by atoms with Crippen molar-refractivity contribution in [2.75, 3.05) is 18.9 Å². The van der Waals surface area contributed by atoms with Gasteiger partial charge in [-0.2, -0.15) is 0 Å². The third kappa shape index (κ3) is 3.71. The minimum Gasteiger partial charge on any atom is -0.489 e. The largest absolute Gasteiger partial charge is 0.489 e. The molecule has 20 heavy (non-hydrogen) atoms. The number of ether oxygens (including phenoxy) is 1. The predicted molar refractivity (Wildman–Crippen MR) is 75.1 cm³/mol. The Hall–Kier alpha value is -2.56. The molecule has 2 aromatic rings. The number of nitrogens with two attached hydrogens (primary N) is 1. The Balaban J connectivity index is 1.77. The van der Waals surface area contributed by atoms with Crippen molar-refractivity contribution in [3.63, 3.8) is 0 Å². The first kappa shape index (κ1) is 13.9. The highest BCUT2D eigenvalue weighted by molar-refractivity contribution is 5.94. The Bertz CT molecular complexity index is 585. The molecule has 0 aliphatic heterocycles. The molecule has 0 unspecified atom stereocenters. The van der Waals surface area contributed by atoms with E-state index in [0.717, 1.165) is 0 Å². The number of carbonyl (C=O) groups excluding carboxylic acids is 1. The molecular weight excluding hydrogens is 259 g/mol. The van der Waals surface area contributed by atoms with Gasteiger partial charge in [-0.1, -0.05) is 12.1 Å². The van der Waals surface area contributed by atoms with Crippen LogP contribution < -0.4 is 15.8 Å². The molecule has 104 valence electrons. The number of anilines is 1. The Labute approximate surface area is 116 Å². The summed E-state index contributed by atoms with van der Waals surface area (Å²) in [5.74, 6) is -0.464. The van der Waals surface area contributed by atoms with E-state index in [1.807, 2.05) is 0 Å². The standard InChI is InChI=1S/C15H15FN2O2/c16-13-3-1-2-4-14(13)20-10-9-18-15(19)11-5-7-12(17)8-6-11/h1-8H,9-10,17H2,(H,18,19). The molecule has 4 nitrogen and oxygen atoms in total. The topological polar surface area (TPSA) is 64.4 Å². The number of carbonyl (C=O) groups is 1. The highest BCUT2D eigenvalue weighted by Gasteiger charge is 2.05. The Morgan fingerprint density at radius 2 is 1.85 bits per heavy atom. The lowest BCUT2D eigenvalue weighted by molar-refractivity contribution is 0.0947. The molecule has 0 saturated carbocycles. The van der Waals surface area contributed by atoms with Crippen LogP contribution in [0.2, 0.25) is 0 Å². The van der Waals surface area contributed by atoms with Gasteiger partial charge in [0, 0.05) is 11.3 Å². The molecule has 0 heterocycles. The lowest BCUT2D eigenvalue weighted by Crippen LogP contribution is -2.28. The Morgan fingerprint density at radius 1 is 1.15 bits per heavy atom. The minimum absolute atomic E-state index is 0.175. The second-order valence-electron chi connectivity index (χ2n) is 4.16. The summed E-state index contributed by atoms with van der Waals surface area (Å²) in [7, 11) is 0. The van der Waals surface area contributed by atoms with E-state index in [9.17, 15) is 9.18 Å². The molecule has 2 rings (SSSR count). The van der Waals surface area contributed by atoms with Crippen molar-refractivity contribution in [3.8, 4) is 5.75 Å². The fourth-order valence-corrected chi connectivity index (χ4v) is 1.62. The van der Waals surface area contributed by atoms with Crippen molar-refractivity contribution < 1.29 is 13.9 Å². The SMILES string of the molecule is Nc1ccc(C(=O)NCCOc2ccccc2F)cc1. The average molecular weight is 274 g/mol.